The van der Waals surface area contributed by atoms with E-state index >= 15 is 0 Å². The maximum absolute atomic E-state index is 13.3. The summed E-state index contributed by atoms with van der Waals surface area (Å²) in [6.45, 7) is 4.82. The number of nitrogens with zero attached hydrogens (tertiary/aromatic N) is 1. The quantitative estimate of drug-likeness (QED) is 0.373. The van der Waals surface area contributed by atoms with E-state index in [0.717, 1.165) is 48.1 Å². The Kier molecular flexibility index (Phi) is 8.88. The minimum Gasteiger partial charge on any atom is -0.497 e. The first-order chi connectivity index (χ1) is 16.0. The van der Waals surface area contributed by atoms with Crippen LogP contribution in [0.25, 0.3) is 10.9 Å². The Hall–Kier alpha value is -2.87. The van der Waals surface area contributed by atoms with Crippen molar-refractivity contribution in [2.24, 2.45) is 5.73 Å². The first-order valence-electron chi connectivity index (χ1n) is 11.1. The van der Waals surface area contributed by atoms with Gasteiger partial charge < -0.3 is 21.1 Å². The van der Waals surface area contributed by atoms with Crippen molar-refractivity contribution in [1.29, 1.82) is 0 Å². The summed E-state index contributed by atoms with van der Waals surface area (Å²) < 4.78 is 7.04. The van der Waals surface area contributed by atoms with Gasteiger partial charge in [0.05, 0.1) is 19.0 Å². The van der Waals surface area contributed by atoms with Crippen molar-refractivity contribution in [2.75, 3.05) is 33.3 Å². The van der Waals surface area contributed by atoms with E-state index in [-0.39, 0.29) is 18.2 Å². The van der Waals surface area contributed by atoms with Crippen molar-refractivity contribution in [1.82, 2.24) is 15.2 Å². The lowest BCUT2D eigenvalue weighted by atomic mass is 10.1. The number of amides is 1. The summed E-state index contributed by atoms with van der Waals surface area (Å²) in [6.07, 6.45) is 1.95. The zero-order valence-electron chi connectivity index (χ0n) is 19.1. The maximum atomic E-state index is 13.3. The monoisotopic (exact) mass is 470 g/mol. The van der Waals surface area contributed by atoms with Crippen molar-refractivity contribution in [3.05, 3.63) is 64.3 Å². The Morgan fingerprint density at radius 2 is 1.79 bits per heavy atom. The molecule has 0 spiro atoms. The summed E-state index contributed by atoms with van der Waals surface area (Å²) >= 11 is 5.98. The molecule has 33 heavy (non-hydrogen) atoms. The maximum Gasteiger partial charge on any atom is 0.262 e. The van der Waals surface area contributed by atoms with E-state index in [4.69, 9.17) is 22.1 Å². The second kappa shape index (κ2) is 11.8. The minimum absolute atomic E-state index is 0.0825. The van der Waals surface area contributed by atoms with Gasteiger partial charge in [0.2, 0.25) is 5.91 Å². The van der Waals surface area contributed by atoms with Gasteiger partial charge in [-0.1, -0.05) is 11.6 Å². The molecule has 0 saturated heterocycles. The molecule has 1 aromatic heterocycles. The predicted molar refractivity (Wildman–Crippen MR) is 132 cm³/mol. The number of halogens is 1. The minimum atomic E-state index is -0.172. The van der Waals surface area contributed by atoms with Crippen molar-refractivity contribution in [3.8, 4) is 5.75 Å². The highest BCUT2D eigenvalue weighted by Gasteiger charge is 2.22. The number of methoxy groups -OCH3 is 1. The van der Waals surface area contributed by atoms with E-state index in [1.54, 1.807) is 35.9 Å². The summed E-state index contributed by atoms with van der Waals surface area (Å²) in [7, 11) is 1.60. The molecule has 3 aromatic rings. The lowest BCUT2D eigenvalue weighted by Gasteiger charge is -2.09. The fourth-order valence-electron chi connectivity index (χ4n) is 3.81. The van der Waals surface area contributed by atoms with Gasteiger partial charge in [0.1, 0.15) is 5.75 Å². The average Bonchev–Trinajstić information content (AvgIpc) is 3.08. The number of ether oxygens (including phenoxy) is 1. The molecule has 1 amide bonds. The molecule has 2 aromatic carbocycles. The Bertz CT molecular complexity index is 1110. The molecule has 0 aliphatic rings. The number of hydrogen-bond donors (Lipinski definition) is 3. The van der Waals surface area contributed by atoms with Gasteiger partial charge in [0.25, 0.3) is 5.91 Å². The van der Waals surface area contributed by atoms with Gasteiger partial charge in [-0.25, -0.2) is 0 Å². The van der Waals surface area contributed by atoms with Crippen LogP contribution in [0, 0.1) is 6.92 Å². The third kappa shape index (κ3) is 6.13. The van der Waals surface area contributed by atoms with Crippen LogP contribution in [-0.2, 0) is 11.2 Å². The summed E-state index contributed by atoms with van der Waals surface area (Å²) in [6, 6.07) is 12.3. The molecule has 4 N–H and O–H groups in total. The lowest BCUT2D eigenvalue weighted by molar-refractivity contribution is -0.120. The first kappa shape index (κ1) is 24.8. The van der Waals surface area contributed by atoms with E-state index < -0.39 is 0 Å². The van der Waals surface area contributed by atoms with Gasteiger partial charge in [-0.3, -0.25) is 14.2 Å². The Morgan fingerprint density at radius 3 is 2.48 bits per heavy atom. The topological polar surface area (TPSA) is 98.4 Å². The van der Waals surface area contributed by atoms with Gasteiger partial charge >= 0.3 is 0 Å². The third-order valence-corrected chi connectivity index (χ3v) is 5.84. The normalized spacial score (nSPS) is 11.0. The highest BCUT2D eigenvalue weighted by molar-refractivity contribution is 6.30. The van der Waals surface area contributed by atoms with Crippen LogP contribution >= 0.6 is 11.6 Å². The molecule has 0 aliphatic heterocycles. The van der Waals surface area contributed by atoms with E-state index in [2.05, 4.69) is 10.6 Å². The summed E-state index contributed by atoms with van der Waals surface area (Å²) in [5.41, 5.74) is 8.28. The Balaban J connectivity index is 1.81. The molecular weight excluding hydrogens is 440 g/mol. The molecule has 0 saturated carbocycles. The number of nitrogens with one attached hydrogen (secondary N) is 2. The largest absolute Gasteiger partial charge is 0.497 e. The van der Waals surface area contributed by atoms with Crippen LogP contribution in [-0.4, -0.2) is 49.7 Å². The predicted octanol–water partition coefficient (Wildman–Crippen LogP) is 3.29. The standard InChI is InChI=1S/C25H31ClN4O3/c1-17-21(16-24(31)29-14-4-13-28-12-3-11-27)22-15-20(33-2)9-10-23(22)30(17)25(32)18-5-7-19(26)8-6-18/h5-10,15,28H,3-4,11-14,16,27H2,1-2H3,(H,29,31). The van der Waals surface area contributed by atoms with Crippen molar-refractivity contribution in [3.63, 3.8) is 0 Å². The molecule has 7 nitrogen and oxygen atoms in total. The van der Waals surface area contributed by atoms with Crippen LogP contribution in [0.2, 0.25) is 5.02 Å². The van der Waals surface area contributed by atoms with Gasteiger partial charge in [0.15, 0.2) is 0 Å². The van der Waals surface area contributed by atoms with Crippen LogP contribution < -0.4 is 21.1 Å². The van der Waals surface area contributed by atoms with Crippen LogP contribution in [0.5, 0.6) is 5.75 Å². The van der Waals surface area contributed by atoms with Crippen LogP contribution in [0.3, 0.4) is 0 Å². The number of hydrogen-bond acceptors (Lipinski definition) is 5. The van der Waals surface area contributed by atoms with Gasteiger partial charge in [-0.2, -0.15) is 0 Å². The number of aromatic nitrogens is 1. The molecule has 0 radical (unpaired) electrons. The van der Waals surface area contributed by atoms with Crippen LogP contribution in [0.15, 0.2) is 42.5 Å². The highest BCUT2D eigenvalue weighted by Crippen LogP contribution is 2.30. The molecule has 8 heteroatoms. The van der Waals surface area contributed by atoms with Gasteiger partial charge in [-0.15, -0.1) is 0 Å². The van der Waals surface area contributed by atoms with Crippen molar-refractivity contribution >= 4 is 34.3 Å². The Labute approximate surface area is 199 Å². The molecule has 176 valence electrons. The number of nitrogens with two attached hydrogens (primary N) is 1. The number of fused-ring (bicyclic) bond motifs is 1. The smallest absolute Gasteiger partial charge is 0.262 e. The van der Waals surface area contributed by atoms with Gasteiger partial charge in [-0.05, 0) is 87.4 Å². The highest BCUT2D eigenvalue weighted by atomic mass is 35.5. The van der Waals surface area contributed by atoms with E-state index in [9.17, 15) is 9.59 Å². The van der Waals surface area contributed by atoms with E-state index in [1.165, 1.54) is 0 Å². The molecule has 0 atom stereocenters. The van der Waals surface area contributed by atoms with E-state index in [0.29, 0.717) is 29.4 Å². The van der Waals surface area contributed by atoms with Crippen molar-refractivity contribution < 1.29 is 14.3 Å². The second-order valence-electron chi connectivity index (χ2n) is 7.87. The molecular formula is C25H31ClN4O3. The van der Waals surface area contributed by atoms with E-state index in [1.807, 2.05) is 25.1 Å². The number of carbonyl (C=O) groups excluding carboxylic acids is 2. The average molecular weight is 471 g/mol. The fraction of sp³-hybridized carbons (Fsp3) is 0.360. The zero-order chi connectivity index (χ0) is 23.8. The first-order valence-corrected chi connectivity index (χ1v) is 11.5. The summed E-state index contributed by atoms with van der Waals surface area (Å²) in [5, 5.41) is 7.67. The van der Waals surface area contributed by atoms with Crippen LogP contribution in [0.1, 0.15) is 34.5 Å². The summed E-state index contributed by atoms with van der Waals surface area (Å²) in [5.74, 6) is 0.416. The number of benzene rings is 2. The molecule has 0 aliphatic carbocycles. The molecule has 0 unspecified atom stereocenters. The summed E-state index contributed by atoms with van der Waals surface area (Å²) in [4.78, 5) is 26.0. The number of rotatable bonds is 11. The molecule has 3 rings (SSSR count). The van der Waals surface area contributed by atoms with Gasteiger partial charge in [0, 0.05) is 28.2 Å². The molecule has 0 bridgehead atoms. The van der Waals surface area contributed by atoms with Crippen LogP contribution in [0.4, 0.5) is 0 Å². The zero-order valence-corrected chi connectivity index (χ0v) is 19.9. The number of carbonyl (C=O) groups is 2. The molecule has 1 heterocycles. The molecule has 0 fully saturated rings. The SMILES string of the molecule is COc1ccc2c(c1)c(CC(=O)NCCCNCCCN)c(C)n2C(=O)c1ccc(Cl)cc1. The lowest BCUT2D eigenvalue weighted by Crippen LogP contribution is -2.29. The second-order valence-corrected chi connectivity index (χ2v) is 8.30. The Morgan fingerprint density at radius 1 is 1.06 bits per heavy atom. The fourth-order valence-corrected chi connectivity index (χ4v) is 3.94. The van der Waals surface area contributed by atoms with Crippen molar-refractivity contribution in [2.45, 2.75) is 26.2 Å². The third-order valence-electron chi connectivity index (χ3n) is 5.58.